The maximum absolute atomic E-state index is 11.2. The summed E-state index contributed by atoms with van der Waals surface area (Å²) in [5.74, 6) is -1.18. The molecule has 0 aromatic rings. The highest BCUT2D eigenvalue weighted by Crippen LogP contribution is 2.11. The molecule has 0 saturated heterocycles. The lowest BCUT2D eigenvalue weighted by molar-refractivity contribution is -0.135. The zero-order valence-electron chi connectivity index (χ0n) is 8.42. The van der Waals surface area contributed by atoms with E-state index in [1.54, 1.807) is 6.92 Å². The molecule has 6 heteroatoms. The Hall–Kier alpha value is -1.85. The molecule has 1 amide bonds. The van der Waals surface area contributed by atoms with Crippen LogP contribution in [0.15, 0.2) is 11.3 Å². The van der Waals surface area contributed by atoms with Crippen molar-refractivity contribution in [1.82, 2.24) is 5.32 Å². The van der Waals surface area contributed by atoms with Crippen LogP contribution in [-0.2, 0) is 14.3 Å². The van der Waals surface area contributed by atoms with Crippen LogP contribution in [0.5, 0.6) is 0 Å². The summed E-state index contributed by atoms with van der Waals surface area (Å²) in [6, 6.07) is 0. The molecule has 0 fully saturated rings. The number of nitrogens with two attached hydrogens (primary N) is 1. The second-order valence-corrected chi connectivity index (χ2v) is 2.99. The van der Waals surface area contributed by atoms with E-state index in [0.29, 0.717) is 13.0 Å². The van der Waals surface area contributed by atoms with Crippen LogP contribution in [0.1, 0.15) is 13.3 Å². The number of hydrogen-bond donors (Lipinski definition) is 3. The van der Waals surface area contributed by atoms with E-state index >= 15 is 0 Å². The van der Waals surface area contributed by atoms with Crippen LogP contribution in [0.4, 0.5) is 0 Å². The Kier molecular flexibility index (Phi) is 3.43. The third-order valence-electron chi connectivity index (χ3n) is 2.01. The van der Waals surface area contributed by atoms with Crippen LogP contribution >= 0.6 is 0 Å². The Bertz CT molecular complexity index is 347. The molecular formula is C9H13N3O3. The van der Waals surface area contributed by atoms with Gasteiger partial charge in [-0.15, -0.1) is 0 Å². The third kappa shape index (κ3) is 2.34. The van der Waals surface area contributed by atoms with Crippen LogP contribution in [0.2, 0.25) is 0 Å². The van der Waals surface area contributed by atoms with E-state index in [1.807, 2.05) is 0 Å². The fourth-order valence-electron chi connectivity index (χ4n) is 1.25. The summed E-state index contributed by atoms with van der Waals surface area (Å²) in [5, 5.41) is 10.0. The van der Waals surface area contributed by atoms with Gasteiger partial charge in [0.15, 0.2) is 0 Å². The Balaban J connectivity index is 2.87. The first kappa shape index (κ1) is 11.2. The van der Waals surface area contributed by atoms with E-state index in [4.69, 9.17) is 11.1 Å². The van der Waals surface area contributed by atoms with E-state index in [2.05, 4.69) is 10.1 Å². The molecular weight excluding hydrogens is 198 g/mol. The SMILES string of the molecule is CCOC(=O)C(=N)C1=C(N)C(=O)NCC1. The molecule has 0 aliphatic carbocycles. The standard InChI is InChI=1S/C9H13N3O3/c1-2-15-9(14)7(11)5-3-4-12-8(13)6(5)10/h11H,2-4,10H2,1H3,(H,12,13). The van der Waals surface area contributed by atoms with E-state index < -0.39 is 11.9 Å². The molecule has 0 spiro atoms. The molecule has 0 aromatic heterocycles. The summed E-state index contributed by atoms with van der Waals surface area (Å²) >= 11 is 0. The van der Waals surface area contributed by atoms with Crippen LogP contribution in [0.25, 0.3) is 0 Å². The molecule has 0 saturated carbocycles. The van der Waals surface area contributed by atoms with Crippen LogP contribution < -0.4 is 11.1 Å². The van der Waals surface area contributed by atoms with Gasteiger partial charge in [0.2, 0.25) is 0 Å². The van der Waals surface area contributed by atoms with E-state index in [0.717, 1.165) is 0 Å². The average Bonchev–Trinajstić information content (AvgIpc) is 2.21. The van der Waals surface area contributed by atoms with Crippen molar-refractivity contribution >= 4 is 17.6 Å². The minimum atomic E-state index is -0.745. The molecule has 4 N–H and O–H groups in total. The molecule has 15 heavy (non-hydrogen) atoms. The monoisotopic (exact) mass is 211 g/mol. The van der Waals surface area contributed by atoms with Crippen molar-refractivity contribution in [2.24, 2.45) is 5.73 Å². The zero-order valence-corrected chi connectivity index (χ0v) is 8.42. The molecule has 6 nitrogen and oxygen atoms in total. The molecule has 0 bridgehead atoms. The second kappa shape index (κ2) is 4.59. The number of carbonyl (C=O) groups excluding carboxylic acids is 2. The predicted molar refractivity (Wildman–Crippen MR) is 53.2 cm³/mol. The molecule has 1 heterocycles. The Morgan fingerprint density at radius 2 is 2.33 bits per heavy atom. The number of carbonyl (C=O) groups is 2. The van der Waals surface area contributed by atoms with Gasteiger partial charge >= 0.3 is 5.97 Å². The first-order chi connectivity index (χ1) is 7.07. The van der Waals surface area contributed by atoms with Gasteiger partial charge in [-0.25, -0.2) is 4.79 Å². The van der Waals surface area contributed by atoms with Crippen LogP contribution in [0.3, 0.4) is 0 Å². The Labute approximate surface area is 87.0 Å². The third-order valence-corrected chi connectivity index (χ3v) is 2.01. The van der Waals surface area contributed by atoms with Crippen molar-refractivity contribution in [2.75, 3.05) is 13.2 Å². The van der Waals surface area contributed by atoms with Crippen molar-refractivity contribution in [2.45, 2.75) is 13.3 Å². The lowest BCUT2D eigenvalue weighted by atomic mass is 10.0. The fraction of sp³-hybridized carbons (Fsp3) is 0.444. The van der Waals surface area contributed by atoms with Gasteiger partial charge in [-0.1, -0.05) is 0 Å². The number of nitrogens with one attached hydrogen (secondary N) is 2. The highest BCUT2D eigenvalue weighted by molar-refractivity contribution is 6.42. The summed E-state index contributed by atoms with van der Waals surface area (Å²) in [6.07, 6.45) is 0.384. The molecule has 0 atom stereocenters. The van der Waals surface area contributed by atoms with Crippen LogP contribution in [0, 0.1) is 5.41 Å². The summed E-state index contributed by atoms with van der Waals surface area (Å²) in [5.41, 5.74) is 5.34. The topological polar surface area (TPSA) is 105 Å². The van der Waals surface area contributed by atoms with Gasteiger partial charge in [0.25, 0.3) is 5.91 Å². The number of hydrogen-bond acceptors (Lipinski definition) is 5. The normalized spacial score (nSPS) is 15.9. The highest BCUT2D eigenvalue weighted by Gasteiger charge is 2.24. The first-order valence-corrected chi connectivity index (χ1v) is 4.60. The van der Waals surface area contributed by atoms with Gasteiger partial charge in [-0.05, 0) is 13.3 Å². The number of rotatable bonds is 3. The lowest BCUT2D eigenvalue weighted by Gasteiger charge is -2.17. The van der Waals surface area contributed by atoms with E-state index in [1.165, 1.54) is 0 Å². The van der Waals surface area contributed by atoms with Gasteiger partial charge in [0.05, 0.1) is 6.61 Å². The number of ether oxygens (including phenoxy) is 1. The molecule has 1 aliphatic heterocycles. The molecule has 1 rings (SSSR count). The van der Waals surface area contributed by atoms with Gasteiger partial charge in [0, 0.05) is 12.1 Å². The van der Waals surface area contributed by atoms with Crippen molar-refractivity contribution < 1.29 is 14.3 Å². The van der Waals surface area contributed by atoms with Crippen molar-refractivity contribution in [3.05, 3.63) is 11.3 Å². The fourth-order valence-corrected chi connectivity index (χ4v) is 1.25. The van der Waals surface area contributed by atoms with Crippen molar-refractivity contribution in [1.29, 1.82) is 5.41 Å². The first-order valence-electron chi connectivity index (χ1n) is 4.60. The number of amides is 1. The summed E-state index contributed by atoms with van der Waals surface area (Å²) in [4.78, 5) is 22.4. The second-order valence-electron chi connectivity index (χ2n) is 2.99. The van der Waals surface area contributed by atoms with Gasteiger partial charge < -0.3 is 15.8 Å². The van der Waals surface area contributed by atoms with E-state index in [9.17, 15) is 9.59 Å². The van der Waals surface area contributed by atoms with Crippen LogP contribution in [-0.4, -0.2) is 30.7 Å². The quantitative estimate of drug-likeness (QED) is 0.424. The molecule has 82 valence electrons. The molecule has 0 radical (unpaired) electrons. The van der Waals surface area contributed by atoms with Gasteiger partial charge in [0.1, 0.15) is 11.4 Å². The van der Waals surface area contributed by atoms with Gasteiger partial charge in [-0.2, -0.15) is 0 Å². The molecule has 0 aromatic carbocycles. The number of esters is 1. The highest BCUT2D eigenvalue weighted by atomic mass is 16.5. The molecule has 0 unspecified atom stereocenters. The Morgan fingerprint density at radius 1 is 1.67 bits per heavy atom. The lowest BCUT2D eigenvalue weighted by Crippen LogP contribution is -2.38. The average molecular weight is 211 g/mol. The predicted octanol–water partition coefficient (Wildman–Crippen LogP) is -0.698. The van der Waals surface area contributed by atoms with Gasteiger partial charge in [-0.3, -0.25) is 10.2 Å². The summed E-state index contributed by atoms with van der Waals surface area (Å²) in [6.45, 7) is 2.23. The smallest absolute Gasteiger partial charge is 0.356 e. The summed E-state index contributed by atoms with van der Waals surface area (Å²) in [7, 11) is 0. The largest absolute Gasteiger partial charge is 0.461 e. The minimum absolute atomic E-state index is 0.0701. The molecule has 1 aliphatic rings. The summed E-state index contributed by atoms with van der Waals surface area (Å²) < 4.78 is 4.66. The Morgan fingerprint density at radius 3 is 2.93 bits per heavy atom. The van der Waals surface area contributed by atoms with E-state index in [-0.39, 0.29) is 23.6 Å². The maximum atomic E-state index is 11.2. The van der Waals surface area contributed by atoms with Crippen molar-refractivity contribution in [3.63, 3.8) is 0 Å². The zero-order chi connectivity index (χ0) is 11.4. The van der Waals surface area contributed by atoms with Crippen molar-refractivity contribution in [3.8, 4) is 0 Å². The maximum Gasteiger partial charge on any atom is 0.356 e. The minimum Gasteiger partial charge on any atom is -0.461 e.